The molecule has 0 saturated carbocycles. The van der Waals surface area contributed by atoms with Crippen LogP contribution >= 0.6 is 0 Å². The van der Waals surface area contributed by atoms with Crippen molar-refractivity contribution < 1.29 is 24.2 Å². The van der Waals surface area contributed by atoms with Crippen LogP contribution in [0.5, 0.6) is 11.5 Å². The van der Waals surface area contributed by atoms with Crippen LogP contribution < -0.4 is 9.47 Å². The summed E-state index contributed by atoms with van der Waals surface area (Å²) in [5.74, 6) is -0.635. The summed E-state index contributed by atoms with van der Waals surface area (Å²) < 4.78 is 10.5. The topological polar surface area (TPSA) is 72.8 Å². The minimum Gasteiger partial charge on any atom is -0.507 e. The fraction of sp³-hybridized carbons (Fsp3) is 0.583. The average Bonchev–Trinajstić information content (AvgIpc) is 2.74. The lowest BCUT2D eigenvalue weighted by Crippen LogP contribution is -2.24. The lowest BCUT2D eigenvalue weighted by molar-refractivity contribution is -0.112. The summed E-state index contributed by atoms with van der Waals surface area (Å²) in [5, 5.41) is 10.7. The Kier molecular flexibility index (Phi) is 9.23. The second-order valence-corrected chi connectivity index (χ2v) is 7.67. The molecule has 29 heavy (non-hydrogen) atoms. The third-order valence-electron chi connectivity index (χ3n) is 5.56. The summed E-state index contributed by atoms with van der Waals surface area (Å²) >= 11 is 0. The molecule has 0 spiro atoms. The Morgan fingerprint density at radius 1 is 0.793 bits per heavy atom. The molecule has 160 valence electrons. The van der Waals surface area contributed by atoms with Crippen LogP contribution in [0.4, 0.5) is 0 Å². The number of carbonyl (C=O) groups excluding carboxylic acids is 2. The Bertz CT molecular complexity index is 748. The fourth-order valence-corrected chi connectivity index (χ4v) is 3.83. The molecule has 0 heterocycles. The molecule has 1 aliphatic carbocycles. The van der Waals surface area contributed by atoms with E-state index >= 15 is 0 Å². The fourth-order valence-electron chi connectivity index (χ4n) is 3.83. The molecule has 0 atom stereocenters. The minimum atomic E-state index is -0.624. The standard InChI is InChI=1S/C24H34O5/c1-4-5-6-7-8-9-10-11-12-13-14-18-22(25)21-19(24(27)23(18)26)15-17(28-2)16-20(21)29-3/h15-16,25H,4-14H2,1-3H3. The number of benzene rings is 1. The Morgan fingerprint density at radius 3 is 1.93 bits per heavy atom. The summed E-state index contributed by atoms with van der Waals surface area (Å²) in [5.41, 5.74) is 0.626. The number of aliphatic hydroxyl groups excluding tert-OH is 1. The molecule has 0 radical (unpaired) electrons. The van der Waals surface area contributed by atoms with Crippen molar-refractivity contribution in [2.24, 2.45) is 0 Å². The van der Waals surface area contributed by atoms with Crippen LogP contribution in [-0.4, -0.2) is 30.9 Å². The third kappa shape index (κ3) is 5.84. The highest BCUT2D eigenvalue weighted by atomic mass is 16.5. The molecular formula is C24H34O5. The SMILES string of the molecule is CCCCCCCCCCCCC1=C(O)c2c(OC)cc(OC)cc2C(=O)C1=O. The van der Waals surface area contributed by atoms with E-state index in [0.29, 0.717) is 23.5 Å². The van der Waals surface area contributed by atoms with Gasteiger partial charge in [0.05, 0.1) is 19.8 Å². The molecule has 1 N–H and O–H groups in total. The number of rotatable bonds is 13. The Hall–Kier alpha value is -2.30. The van der Waals surface area contributed by atoms with Gasteiger partial charge in [0.15, 0.2) is 0 Å². The second-order valence-electron chi connectivity index (χ2n) is 7.67. The van der Waals surface area contributed by atoms with E-state index < -0.39 is 11.6 Å². The molecule has 0 amide bonds. The first kappa shape index (κ1) is 23.0. The molecule has 2 rings (SSSR count). The van der Waals surface area contributed by atoms with Crippen LogP contribution in [0.2, 0.25) is 0 Å². The highest BCUT2D eigenvalue weighted by Crippen LogP contribution is 2.39. The smallest absolute Gasteiger partial charge is 0.234 e. The summed E-state index contributed by atoms with van der Waals surface area (Å²) in [6, 6.07) is 3.09. The van der Waals surface area contributed by atoms with E-state index in [0.717, 1.165) is 19.3 Å². The van der Waals surface area contributed by atoms with Crippen molar-refractivity contribution in [2.75, 3.05) is 14.2 Å². The summed E-state index contributed by atoms with van der Waals surface area (Å²) in [6.07, 6.45) is 12.3. The van der Waals surface area contributed by atoms with Crippen molar-refractivity contribution in [3.8, 4) is 11.5 Å². The number of aliphatic hydroxyl groups is 1. The summed E-state index contributed by atoms with van der Waals surface area (Å²) in [6.45, 7) is 2.23. The van der Waals surface area contributed by atoms with Gasteiger partial charge in [-0.05, 0) is 18.9 Å². The minimum absolute atomic E-state index is 0.135. The molecule has 0 aromatic heterocycles. The van der Waals surface area contributed by atoms with Crippen LogP contribution in [0.25, 0.3) is 5.76 Å². The highest BCUT2D eigenvalue weighted by molar-refractivity contribution is 6.52. The van der Waals surface area contributed by atoms with Crippen molar-refractivity contribution in [3.05, 3.63) is 28.8 Å². The van der Waals surface area contributed by atoms with Gasteiger partial charge >= 0.3 is 0 Å². The van der Waals surface area contributed by atoms with E-state index in [4.69, 9.17) is 9.47 Å². The van der Waals surface area contributed by atoms with Gasteiger partial charge in [0.25, 0.3) is 0 Å². The van der Waals surface area contributed by atoms with Crippen LogP contribution in [0.15, 0.2) is 17.7 Å². The summed E-state index contributed by atoms with van der Waals surface area (Å²) in [4.78, 5) is 25.1. The number of carbonyl (C=O) groups is 2. The van der Waals surface area contributed by atoms with Crippen molar-refractivity contribution in [1.29, 1.82) is 0 Å². The molecule has 1 aromatic carbocycles. The number of ether oxygens (including phenoxy) is 2. The molecule has 0 fully saturated rings. The maximum absolute atomic E-state index is 12.6. The lowest BCUT2D eigenvalue weighted by Gasteiger charge is -2.21. The van der Waals surface area contributed by atoms with Crippen molar-refractivity contribution in [1.82, 2.24) is 0 Å². The van der Waals surface area contributed by atoms with Crippen LogP contribution in [-0.2, 0) is 4.79 Å². The van der Waals surface area contributed by atoms with Crippen molar-refractivity contribution >= 4 is 17.3 Å². The zero-order chi connectivity index (χ0) is 21.2. The Morgan fingerprint density at radius 2 is 1.38 bits per heavy atom. The van der Waals surface area contributed by atoms with Gasteiger partial charge in [-0.3, -0.25) is 9.59 Å². The van der Waals surface area contributed by atoms with E-state index in [-0.39, 0.29) is 16.9 Å². The number of fused-ring (bicyclic) bond motifs is 1. The molecule has 1 aromatic rings. The molecule has 0 unspecified atom stereocenters. The van der Waals surface area contributed by atoms with E-state index in [2.05, 4.69) is 6.92 Å². The van der Waals surface area contributed by atoms with E-state index in [1.807, 2.05) is 0 Å². The molecule has 5 nitrogen and oxygen atoms in total. The highest BCUT2D eigenvalue weighted by Gasteiger charge is 2.35. The second kappa shape index (κ2) is 11.6. The van der Waals surface area contributed by atoms with Gasteiger partial charge in [-0.2, -0.15) is 0 Å². The largest absolute Gasteiger partial charge is 0.507 e. The molecular weight excluding hydrogens is 368 g/mol. The van der Waals surface area contributed by atoms with Crippen molar-refractivity contribution in [3.63, 3.8) is 0 Å². The van der Waals surface area contributed by atoms with Gasteiger partial charge in [0, 0.05) is 17.2 Å². The maximum Gasteiger partial charge on any atom is 0.234 e. The number of ketones is 2. The third-order valence-corrected chi connectivity index (χ3v) is 5.56. The van der Waals surface area contributed by atoms with Crippen LogP contribution in [0.3, 0.4) is 0 Å². The maximum atomic E-state index is 12.6. The lowest BCUT2D eigenvalue weighted by atomic mass is 9.85. The summed E-state index contributed by atoms with van der Waals surface area (Å²) in [7, 11) is 2.94. The van der Waals surface area contributed by atoms with E-state index in [1.54, 1.807) is 6.07 Å². The molecule has 5 heteroatoms. The number of unbranched alkanes of at least 4 members (excludes halogenated alkanes) is 9. The number of methoxy groups -OCH3 is 2. The van der Waals surface area contributed by atoms with E-state index in [1.165, 1.54) is 65.2 Å². The number of allylic oxidation sites excluding steroid dienone is 1. The number of Topliss-reactive ketones (excluding diaryl/α,β-unsaturated/α-hetero) is 2. The Balaban J connectivity index is 1.94. The zero-order valence-corrected chi connectivity index (χ0v) is 18.0. The molecule has 0 bridgehead atoms. The molecule has 1 aliphatic rings. The van der Waals surface area contributed by atoms with Gasteiger partial charge in [-0.25, -0.2) is 0 Å². The molecule has 0 aliphatic heterocycles. The average molecular weight is 403 g/mol. The normalized spacial score (nSPS) is 13.6. The predicted molar refractivity (Wildman–Crippen MR) is 115 cm³/mol. The van der Waals surface area contributed by atoms with Crippen LogP contribution in [0, 0.1) is 0 Å². The first-order valence-corrected chi connectivity index (χ1v) is 10.8. The van der Waals surface area contributed by atoms with Crippen molar-refractivity contribution in [2.45, 2.75) is 77.6 Å². The number of hydrogen-bond acceptors (Lipinski definition) is 5. The monoisotopic (exact) mass is 402 g/mol. The van der Waals surface area contributed by atoms with Gasteiger partial charge in [-0.1, -0.05) is 64.7 Å². The van der Waals surface area contributed by atoms with Gasteiger partial charge in [0.1, 0.15) is 17.3 Å². The zero-order valence-electron chi connectivity index (χ0n) is 18.0. The van der Waals surface area contributed by atoms with E-state index in [9.17, 15) is 14.7 Å². The van der Waals surface area contributed by atoms with Gasteiger partial charge in [0.2, 0.25) is 11.6 Å². The quantitative estimate of drug-likeness (QED) is 0.321. The molecule has 0 saturated heterocycles. The van der Waals surface area contributed by atoms with Gasteiger partial charge in [-0.15, -0.1) is 0 Å². The first-order chi connectivity index (χ1) is 14.0. The van der Waals surface area contributed by atoms with Gasteiger partial charge < -0.3 is 14.6 Å². The number of hydrogen-bond donors (Lipinski definition) is 1. The van der Waals surface area contributed by atoms with Crippen LogP contribution in [0.1, 0.15) is 93.5 Å². The first-order valence-electron chi connectivity index (χ1n) is 10.8. The predicted octanol–water partition coefficient (Wildman–Crippen LogP) is 6.05. The Labute approximate surface area is 174 Å².